The van der Waals surface area contributed by atoms with Gasteiger partial charge in [0, 0.05) is 37.8 Å². The Morgan fingerprint density at radius 1 is 1.08 bits per heavy atom. The minimum atomic E-state index is 0.0128. The number of likely N-dealkylation sites (tertiary alicyclic amines) is 1. The highest BCUT2D eigenvalue weighted by molar-refractivity contribution is 5.90. The van der Waals surface area contributed by atoms with Gasteiger partial charge < -0.3 is 15.1 Å². The number of carbonyl (C=O) groups excluding carboxylic acids is 2. The number of nitrogens with zero attached hydrogens (tertiary/aromatic N) is 2. The van der Waals surface area contributed by atoms with Crippen LogP contribution < -0.4 is 5.32 Å². The lowest BCUT2D eigenvalue weighted by Crippen LogP contribution is -2.53. The summed E-state index contributed by atoms with van der Waals surface area (Å²) in [5.41, 5.74) is 1.99. The molecule has 2 fully saturated rings. The van der Waals surface area contributed by atoms with E-state index in [0.717, 1.165) is 50.0 Å². The zero-order valence-corrected chi connectivity index (χ0v) is 15.3. The monoisotopic (exact) mass is 343 g/mol. The Balaban J connectivity index is 1.71. The van der Waals surface area contributed by atoms with Crippen molar-refractivity contribution in [2.24, 2.45) is 0 Å². The highest BCUT2D eigenvalue weighted by Crippen LogP contribution is 2.29. The van der Waals surface area contributed by atoms with Crippen molar-refractivity contribution in [3.8, 4) is 0 Å². The van der Waals surface area contributed by atoms with Crippen molar-refractivity contribution in [3.05, 3.63) is 29.8 Å². The van der Waals surface area contributed by atoms with Crippen LogP contribution in [0, 0.1) is 6.92 Å². The van der Waals surface area contributed by atoms with E-state index in [1.807, 2.05) is 36.1 Å². The lowest BCUT2D eigenvalue weighted by Gasteiger charge is -2.41. The number of hydrogen-bond donors (Lipinski definition) is 1. The summed E-state index contributed by atoms with van der Waals surface area (Å²) >= 11 is 0. The van der Waals surface area contributed by atoms with Crippen LogP contribution in [0.2, 0.25) is 0 Å². The van der Waals surface area contributed by atoms with E-state index in [1.54, 1.807) is 6.92 Å². The molecule has 5 heteroatoms. The number of amides is 3. The van der Waals surface area contributed by atoms with Crippen LogP contribution in [0.1, 0.15) is 51.0 Å². The van der Waals surface area contributed by atoms with Crippen LogP contribution in [-0.4, -0.2) is 46.9 Å². The Hall–Kier alpha value is -2.04. The Kier molecular flexibility index (Phi) is 5.61. The molecule has 136 valence electrons. The summed E-state index contributed by atoms with van der Waals surface area (Å²) in [6, 6.07) is 8.51. The van der Waals surface area contributed by atoms with Crippen LogP contribution in [0.25, 0.3) is 0 Å². The van der Waals surface area contributed by atoms with Crippen molar-refractivity contribution in [2.45, 2.75) is 64.5 Å². The van der Waals surface area contributed by atoms with E-state index < -0.39 is 0 Å². The Labute approximate surface area is 150 Å². The van der Waals surface area contributed by atoms with Crippen LogP contribution in [0.3, 0.4) is 0 Å². The number of aryl methyl sites for hydroxylation is 1. The van der Waals surface area contributed by atoms with E-state index >= 15 is 0 Å². The first kappa shape index (κ1) is 17.8. The molecule has 1 saturated heterocycles. The van der Waals surface area contributed by atoms with Crippen molar-refractivity contribution >= 4 is 17.6 Å². The predicted octanol–water partition coefficient (Wildman–Crippen LogP) is 3.78. The zero-order chi connectivity index (χ0) is 17.8. The second kappa shape index (κ2) is 7.89. The molecule has 5 nitrogen and oxygen atoms in total. The molecule has 1 aromatic rings. The molecule has 2 aliphatic rings. The van der Waals surface area contributed by atoms with Crippen molar-refractivity contribution in [1.82, 2.24) is 9.80 Å². The molecule has 25 heavy (non-hydrogen) atoms. The van der Waals surface area contributed by atoms with E-state index in [1.165, 1.54) is 12.8 Å². The molecule has 0 radical (unpaired) electrons. The van der Waals surface area contributed by atoms with Gasteiger partial charge in [-0.05, 0) is 50.3 Å². The molecule has 1 saturated carbocycles. The first-order chi connectivity index (χ1) is 12.0. The number of urea groups is 1. The molecular weight excluding hydrogens is 314 g/mol. The van der Waals surface area contributed by atoms with Gasteiger partial charge in [0.05, 0.1) is 0 Å². The smallest absolute Gasteiger partial charge is 0.322 e. The summed E-state index contributed by atoms with van der Waals surface area (Å²) in [7, 11) is 0. The molecule has 1 heterocycles. The fraction of sp³-hybridized carbons (Fsp3) is 0.600. The molecule has 1 aromatic carbocycles. The average Bonchev–Trinajstić information content (AvgIpc) is 3.09. The van der Waals surface area contributed by atoms with E-state index in [2.05, 4.69) is 10.2 Å². The zero-order valence-electron chi connectivity index (χ0n) is 15.3. The van der Waals surface area contributed by atoms with E-state index in [9.17, 15) is 9.59 Å². The van der Waals surface area contributed by atoms with Gasteiger partial charge in [-0.15, -0.1) is 0 Å². The van der Waals surface area contributed by atoms with E-state index in [0.29, 0.717) is 6.04 Å². The Morgan fingerprint density at radius 3 is 2.32 bits per heavy atom. The van der Waals surface area contributed by atoms with Crippen molar-refractivity contribution in [3.63, 3.8) is 0 Å². The van der Waals surface area contributed by atoms with Gasteiger partial charge in [-0.1, -0.05) is 25.0 Å². The van der Waals surface area contributed by atoms with Crippen molar-refractivity contribution < 1.29 is 9.59 Å². The predicted molar refractivity (Wildman–Crippen MR) is 99.6 cm³/mol. The number of piperidine rings is 1. The number of anilines is 1. The summed E-state index contributed by atoms with van der Waals surface area (Å²) in [5, 5.41) is 3.10. The third-order valence-corrected chi connectivity index (χ3v) is 5.53. The number of nitrogens with one attached hydrogen (secondary N) is 1. The van der Waals surface area contributed by atoms with Crippen LogP contribution in [-0.2, 0) is 4.79 Å². The van der Waals surface area contributed by atoms with Crippen LogP contribution in [0.15, 0.2) is 24.3 Å². The van der Waals surface area contributed by atoms with Gasteiger partial charge in [0.2, 0.25) is 5.91 Å². The molecule has 0 aromatic heterocycles. The van der Waals surface area contributed by atoms with E-state index in [4.69, 9.17) is 0 Å². The normalized spacial score (nSPS) is 19.0. The SMILES string of the molecule is CC(=O)N1CCC(N(C(=O)Nc2cccc(C)c2)C2CCCC2)CC1. The lowest BCUT2D eigenvalue weighted by atomic mass is 10.0. The number of carbonyl (C=O) groups is 2. The minimum absolute atomic E-state index is 0.0128. The molecule has 1 N–H and O–H groups in total. The number of benzene rings is 1. The maximum absolute atomic E-state index is 13.1. The molecule has 3 amide bonds. The standard InChI is InChI=1S/C20H29N3O2/c1-15-6-5-7-17(14-15)21-20(25)23(18-8-3-4-9-18)19-10-12-22(13-11-19)16(2)24/h5-7,14,18-19H,3-4,8-13H2,1-2H3,(H,21,25). The largest absolute Gasteiger partial charge is 0.343 e. The lowest BCUT2D eigenvalue weighted by molar-refractivity contribution is -0.130. The van der Waals surface area contributed by atoms with Crippen molar-refractivity contribution in [1.29, 1.82) is 0 Å². The van der Waals surface area contributed by atoms with Gasteiger partial charge in [0.1, 0.15) is 0 Å². The number of rotatable bonds is 3. The Morgan fingerprint density at radius 2 is 1.72 bits per heavy atom. The van der Waals surface area contributed by atoms with Crippen LogP contribution in [0.4, 0.5) is 10.5 Å². The van der Waals surface area contributed by atoms with Crippen LogP contribution in [0.5, 0.6) is 0 Å². The van der Waals surface area contributed by atoms with Gasteiger partial charge in [0.15, 0.2) is 0 Å². The molecular formula is C20H29N3O2. The first-order valence-electron chi connectivity index (χ1n) is 9.46. The summed E-state index contributed by atoms with van der Waals surface area (Å²) in [4.78, 5) is 28.6. The highest BCUT2D eigenvalue weighted by Gasteiger charge is 2.35. The fourth-order valence-electron chi connectivity index (χ4n) is 4.18. The molecule has 0 unspecified atom stereocenters. The molecule has 1 aliphatic heterocycles. The highest BCUT2D eigenvalue weighted by atomic mass is 16.2. The molecule has 0 spiro atoms. The molecule has 0 bridgehead atoms. The molecule has 0 atom stereocenters. The quantitative estimate of drug-likeness (QED) is 0.908. The van der Waals surface area contributed by atoms with Gasteiger partial charge in [-0.25, -0.2) is 4.79 Å². The summed E-state index contributed by atoms with van der Waals surface area (Å²) in [6.07, 6.45) is 6.33. The number of hydrogen-bond acceptors (Lipinski definition) is 2. The topological polar surface area (TPSA) is 52.7 Å². The minimum Gasteiger partial charge on any atom is -0.343 e. The maximum atomic E-state index is 13.1. The van der Waals surface area contributed by atoms with Gasteiger partial charge in [-0.3, -0.25) is 4.79 Å². The first-order valence-corrected chi connectivity index (χ1v) is 9.46. The fourth-order valence-corrected chi connectivity index (χ4v) is 4.18. The molecule has 1 aliphatic carbocycles. The Bertz CT molecular complexity index is 617. The van der Waals surface area contributed by atoms with Gasteiger partial charge in [-0.2, -0.15) is 0 Å². The van der Waals surface area contributed by atoms with Gasteiger partial charge in [0.25, 0.3) is 0 Å². The van der Waals surface area contributed by atoms with E-state index in [-0.39, 0.29) is 18.0 Å². The van der Waals surface area contributed by atoms with Crippen LogP contribution >= 0.6 is 0 Å². The summed E-state index contributed by atoms with van der Waals surface area (Å²) in [5.74, 6) is 0.134. The van der Waals surface area contributed by atoms with Gasteiger partial charge >= 0.3 is 6.03 Å². The second-order valence-corrected chi connectivity index (χ2v) is 7.38. The second-order valence-electron chi connectivity index (χ2n) is 7.38. The molecule has 3 rings (SSSR count). The van der Waals surface area contributed by atoms with Crippen molar-refractivity contribution in [2.75, 3.05) is 18.4 Å². The summed E-state index contributed by atoms with van der Waals surface area (Å²) < 4.78 is 0. The average molecular weight is 343 g/mol. The summed E-state index contributed by atoms with van der Waals surface area (Å²) in [6.45, 7) is 5.16. The maximum Gasteiger partial charge on any atom is 0.322 e. The third-order valence-electron chi connectivity index (χ3n) is 5.53. The third kappa shape index (κ3) is 4.33.